The standard InChI is InChI=1S/C12H24N4OS/c1-3-6-14-11(17)9-16-12(13-2)15-8-10-5-4-7-18-10/h10H,3-9H2,1-2H3,(H,14,17)(H2,13,15,16). The van der Waals surface area contributed by atoms with E-state index in [1.165, 1.54) is 18.6 Å². The molecule has 1 saturated heterocycles. The number of nitrogens with zero attached hydrogens (tertiary/aromatic N) is 1. The molecule has 1 rings (SSSR count). The minimum absolute atomic E-state index is 0.00930. The largest absolute Gasteiger partial charge is 0.355 e. The molecule has 0 aromatic carbocycles. The van der Waals surface area contributed by atoms with Gasteiger partial charge in [0.1, 0.15) is 0 Å². The molecule has 104 valence electrons. The van der Waals surface area contributed by atoms with E-state index in [1.807, 2.05) is 18.7 Å². The average molecular weight is 272 g/mol. The zero-order valence-electron chi connectivity index (χ0n) is 11.3. The van der Waals surface area contributed by atoms with Crippen LogP contribution in [-0.2, 0) is 4.79 Å². The Morgan fingerprint density at radius 2 is 2.22 bits per heavy atom. The van der Waals surface area contributed by atoms with Gasteiger partial charge in [-0.2, -0.15) is 11.8 Å². The summed E-state index contributed by atoms with van der Waals surface area (Å²) in [4.78, 5) is 15.5. The Bertz CT molecular complexity index is 277. The molecule has 3 N–H and O–H groups in total. The summed E-state index contributed by atoms with van der Waals surface area (Å²) in [5, 5.41) is 9.78. The van der Waals surface area contributed by atoms with E-state index in [0.29, 0.717) is 11.2 Å². The fourth-order valence-electron chi connectivity index (χ4n) is 1.73. The molecule has 6 heteroatoms. The molecular formula is C12H24N4OS. The second-order valence-corrected chi connectivity index (χ2v) is 5.70. The first kappa shape index (κ1) is 15.1. The van der Waals surface area contributed by atoms with Gasteiger partial charge in [0, 0.05) is 25.4 Å². The van der Waals surface area contributed by atoms with Crippen LogP contribution in [0.15, 0.2) is 4.99 Å². The van der Waals surface area contributed by atoms with E-state index in [0.717, 1.165) is 19.5 Å². The smallest absolute Gasteiger partial charge is 0.239 e. The van der Waals surface area contributed by atoms with Gasteiger partial charge in [0.2, 0.25) is 5.91 Å². The Morgan fingerprint density at radius 3 is 2.83 bits per heavy atom. The molecule has 5 nitrogen and oxygen atoms in total. The SMILES string of the molecule is CCCNC(=O)CNC(=NC)NCC1CCCS1. The van der Waals surface area contributed by atoms with Crippen molar-refractivity contribution in [1.29, 1.82) is 0 Å². The van der Waals surface area contributed by atoms with E-state index in [9.17, 15) is 4.79 Å². The van der Waals surface area contributed by atoms with Crippen molar-refractivity contribution in [3.05, 3.63) is 0 Å². The van der Waals surface area contributed by atoms with Crippen molar-refractivity contribution in [2.75, 3.05) is 32.4 Å². The fourth-order valence-corrected chi connectivity index (χ4v) is 2.93. The maximum atomic E-state index is 11.4. The second kappa shape index (κ2) is 9.08. The number of nitrogens with one attached hydrogen (secondary N) is 3. The van der Waals surface area contributed by atoms with Crippen LogP contribution >= 0.6 is 11.8 Å². The Kier molecular flexibility index (Phi) is 7.64. The topological polar surface area (TPSA) is 65.5 Å². The highest BCUT2D eigenvalue weighted by Crippen LogP contribution is 2.25. The Hall–Kier alpha value is -0.910. The highest BCUT2D eigenvalue weighted by Gasteiger charge is 2.15. The van der Waals surface area contributed by atoms with E-state index >= 15 is 0 Å². The van der Waals surface area contributed by atoms with E-state index in [4.69, 9.17) is 0 Å². The summed E-state index contributed by atoms with van der Waals surface area (Å²) in [5.74, 6) is 1.97. The van der Waals surface area contributed by atoms with Gasteiger partial charge in [-0.15, -0.1) is 0 Å². The number of hydrogen-bond donors (Lipinski definition) is 3. The quantitative estimate of drug-likeness (QED) is 0.489. The lowest BCUT2D eigenvalue weighted by atomic mass is 10.2. The van der Waals surface area contributed by atoms with Gasteiger partial charge in [0.15, 0.2) is 5.96 Å². The summed E-state index contributed by atoms with van der Waals surface area (Å²) in [7, 11) is 1.72. The van der Waals surface area contributed by atoms with Gasteiger partial charge in [-0.3, -0.25) is 9.79 Å². The third kappa shape index (κ3) is 6.14. The van der Waals surface area contributed by atoms with Crippen LogP contribution in [0.2, 0.25) is 0 Å². The number of thioether (sulfide) groups is 1. The lowest BCUT2D eigenvalue weighted by Gasteiger charge is -2.14. The van der Waals surface area contributed by atoms with Crippen LogP contribution in [0.5, 0.6) is 0 Å². The summed E-state index contributed by atoms with van der Waals surface area (Å²) >= 11 is 2.01. The maximum Gasteiger partial charge on any atom is 0.239 e. The molecule has 0 aromatic heterocycles. The van der Waals surface area contributed by atoms with Crippen molar-refractivity contribution in [3.63, 3.8) is 0 Å². The van der Waals surface area contributed by atoms with E-state index in [-0.39, 0.29) is 12.5 Å². The van der Waals surface area contributed by atoms with Crippen LogP contribution in [0, 0.1) is 0 Å². The van der Waals surface area contributed by atoms with Crippen molar-refractivity contribution in [3.8, 4) is 0 Å². The predicted octanol–water partition coefficient (Wildman–Crippen LogP) is 0.573. The number of carbonyl (C=O) groups is 1. The monoisotopic (exact) mass is 272 g/mol. The first-order chi connectivity index (χ1) is 8.76. The van der Waals surface area contributed by atoms with Crippen LogP contribution in [0.3, 0.4) is 0 Å². The van der Waals surface area contributed by atoms with Crippen LogP contribution in [0.25, 0.3) is 0 Å². The first-order valence-corrected chi connectivity index (χ1v) is 7.64. The van der Waals surface area contributed by atoms with Crippen LogP contribution < -0.4 is 16.0 Å². The molecule has 1 aliphatic rings. The van der Waals surface area contributed by atoms with Gasteiger partial charge in [-0.1, -0.05) is 6.92 Å². The molecule has 18 heavy (non-hydrogen) atoms. The number of carbonyl (C=O) groups excluding carboxylic acids is 1. The summed E-state index contributed by atoms with van der Waals surface area (Å²) in [6.45, 7) is 3.96. The third-order valence-electron chi connectivity index (χ3n) is 2.73. The van der Waals surface area contributed by atoms with E-state index in [1.54, 1.807) is 7.05 Å². The molecule has 1 heterocycles. The summed E-state index contributed by atoms with van der Waals surface area (Å²) in [6, 6.07) is 0. The molecule has 0 radical (unpaired) electrons. The third-order valence-corrected chi connectivity index (χ3v) is 4.13. The highest BCUT2D eigenvalue weighted by molar-refractivity contribution is 8.00. The Labute approximate surface area is 114 Å². The van der Waals surface area contributed by atoms with Crippen LogP contribution in [0.1, 0.15) is 26.2 Å². The van der Waals surface area contributed by atoms with Gasteiger partial charge in [0.05, 0.1) is 6.54 Å². The molecule has 0 bridgehead atoms. The maximum absolute atomic E-state index is 11.4. The zero-order chi connectivity index (χ0) is 13.2. The summed E-state index contributed by atoms with van der Waals surface area (Å²) in [6.07, 6.45) is 3.53. The second-order valence-electron chi connectivity index (χ2n) is 4.29. The average Bonchev–Trinajstić information content (AvgIpc) is 2.89. The van der Waals surface area contributed by atoms with E-state index in [2.05, 4.69) is 20.9 Å². The number of hydrogen-bond acceptors (Lipinski definition) is 3. The predicted molar refractivity (Wildman–Crippen MR) is 78.1 cm³/mol. The van der Waals surface area contributed by atoms with Crippen molar-refractivity contribution in [2.45, 2.75) is 31.4 Å². The van der Waals surface area contributed by atoms with Gasteiger partial charge in [-0.05, 0) is 25.0 Å². The number of guanidine groups is 1. The van der Waals surface area contributed by atoms with E-state index < -0.39 is 0 Å². The molecule has 1 aliphatic heterocycles. The first-order valence-electron chi connectivity index (χ1n) is 6.59. The minimum atomic E-state index is 0.00930. The number of amides is 1. The number of rotatable bonds is 6. The molecule has 1 unspecified atom stereocenters. The molecule has 1 amide bonds. The van der Waals surface area contributed by atoms with Gasteiger partial charge in [0.25, 0.3) is 0 Å². The molecule has 0 saturated carbocycles. The summed E-state index contributed by atoms with van der Waals surface area (Å²) in [5.41, 5.74) is 0. The highest BCUT2D eigenvalue weighted by atomic mass is 32.2. The zero-order valence-corrected chi connectivity index (χ0v) is 12.1. The van der Waals surface area contributed by atoms with Gasteiger partial charge in [-0.25, -0.2) is 0 Å². The molecule has 0 aliphatic carbocycles. The minimum Gasteiger partial charge on any atom is -0.355 e. The van der Waals surface area contributed by atoms with Crippen LogP contribution in [0.4, 0.5) is 0 Å². The molecule has 0 aromatic rings. The Morgan fingerprint density at radius 1 is 1.39 bits per heavy atom. The Balaban J connectivity index is 2.14. The molecule has 1 fully saturated rings. The molecule has 0 spiro atoms. The lowest BCUT2D eigenvalue weighted by Crippen LogP contribution is -2.44. The van der Waals surface area contributed by atoms with Crippen molar-refractivity contribution >= 4 is 23.6 Å². The number of aliphatic imine (C=N–C) groups is 1. The van der Waals surface area contributed by atoms with Gasteiger partial charge >= 0.3 is 0 Å². The molecule has 1 atom stereocenters. The normalized spacial score (nSPS) is 19.7. The summed E-state index contributed by atoms with van der Waals surface area (Å²) < 4.78 is 0. The van der Waals surface area contributed by atoms with Crippen molar-refractivity contribution < 1.29 is 4.79 Å². The van der Waals surface area contributed by atoms with Crippen molar-refractivity contribution in [1.82, 2.24) is 16.0 Å². The van der Waals surface area contributed by atoms with Crippen LogP contribution in [-0.4, -0.2) is 49.6 Å². The van der Waals surface area contributed by atoms with Crippen molar-refractivity contribution in [2.24, 2.45) is 4.99 Å². The van der Waals surface area contributed by atoms with Gasteiger partial charge < -0.3 is 16.0 Å². The fraction of sp³-hybridized carbons (Fsp3) is 0.833. The molecular weight excluding hydrogens is 248 g/mol. The lowest BCUT2D eigenvalue weighted by molar-refractivity contribution is -0.120.